The predicted molar refractivity (Wildman–Crippen MR) is 118 cm³/mol. The van der Waals surface area contributed by atoms with E-state index in [0.29, 0.717) is 26.7 Å². The maximum absolute atomic E-state index is 12.3. The van der Waals surface area contributed by atoms with Gasteiger partial charge in [0.1, 0.15) is 0 Å². The summed E-state index contributed by atoms with van der Waals surface area (Å²) >= 11 is 9.96. The van der Waals surface area contributed by atoms with Crippen LogP contribution in [0.3, 0.4) is 0 Å². The molecule has 0 aliphatic carbocycles. The minimum atomic E-state index is -0.304. The van der Waals surface area contributed by atoms with Gasteiger partial charge in [0.25, 0.3) is 5.91 Å². The van der Waals surface area contributed by atoms with E-state index in [4.69, 9.17) is 21.7 Å². The minimum Gasteiger partial charge on any atom is -0.493 e. The second-order valence-corrected chi connectivity index (χ2v) is 7.62. The normalized spacial score (nSPS) is 10.2. The van der Waals surface area contributed by atoms with Crippen molar-refractivity contribution in [3.05, 3.63) is 57.9 Å². The molecule has 0 saturated heterocycles. The zero-order valence-electron chi connectivity index (χ0n) is 15.0. The topological polar surface area (TPSA) is 72.5 Å². The van der Waals surface area contributed by atoms with Crippen molar-refractivity contribution < 1.29 is 14.3 Å². The van der Waals surface area contributed by atoms with E-state index in [2.05, 4.69) is 31.5 Å². The highest BCUT2D eigenvalue weighted by Crippen LogP contribution is 2.33. The molecule has 1 amide bonds. The molecule has 2 N–H and O–H groups in total. The fourth-order valence-electron chi connectivity index (χ4n) is 2.40. The number of ether oxygens (including phenoxy) is 2. The average Bonchev–Trinajstić information content (AvgIpc) is 3.15. The summed E-state index contributed by atoms with van der Waals surface area (Å²) in [5.41, 5.74) is 2.13. The summed E-state index contributed by atoms with van der Waals surface area (Å²) in [6, 6.07) is 12.7. The molecule has 6 nitrogen and oxygen atoms in total. The van der Waals surface area contributed by atoms with E-state index in [-0.39, 0.29) is 11.0 Å². The van der Waals surface area contributed by atoms with Crippen LogP contribution >= 0.6 is 39.5 Å². The van der Waals surface area contributed by atoms with Crippen LogP contribution in [0.15, 0.2) is 52.3 Å². The first-order valence-electron chi connectivity index (χ1n) is 8.06. The summed E-state index contributed by atoms with van der Waals surface area (Å²) in [7, 11) is 3.17. The van der Waals surface area contributed by atoms with Crippen molar-refractivity contribution in [3.8, 4) is 22.8 Å². The Bertz CT molecular complexity index is 1020. The highest BCUT2D eigenvalue weighted by Gasteiger charge is 2.13. The molecule has 0 spiro atoms. The molecule has 28 heavy (non-hydrogen) atoms. The zero-order valence-corrected chi connectivity index (χ0v) is 18.2. The first-order valence-corrected chi connectivity index (χ1v) is 10.1. The van der Waals surface area contributed by atoms with Gasteiger partial charge in [0.2, 0.25) is 0 Å². The van der Waals surface area contributed by atoms with E-state index in [1.807, 2.05) is 29.6 Å². The zero-order chi connectivity index (χ0) is 20.1. The second kappa shape index (κ2) is 9.13. The average molecular weight is 478 g/mol. The lowest BCUT2D eigenvalue weighted by Gasteiger charge is -2.09. The summed E-state index contributed by atoms with van der Waals surface area (Å²) < 4.78 is 11.3. The summed E-state index contributed by atoms with van der Waals surface area (Å²) in [5.74, 6) is 0.969. The molecule has 3 rings (SSSR count). The van der Waals surface area contributed by atoms with E-state index >= 15 is 0 Å². The number of amides is 1. The van der Waals surface area contributed by atoms with Crippen LogP contribution in [0.2, 0.25) is 0 Å². The summed E-state index contributed by atoms with van der Waals surface area (Å²) in [4.78, 5) is 16.8. The van der Waals surface area contributed by atoms with Crippen LogP contribution in [0.1, 0.15) is 10.4 Å². The second-order valence-electron chi connectivity index (χ2n) is 5.50. The first kappa shape index (κ1) is 20.2. The Morgan fingerprint density at radius 3 is 2.61 bits per heavy atom. The number of anilines is 1. The Morgan fingerprint density at radius 2 is 1.89 bits per heavy atom. The SMILES string of the molecule is COc1ccc(-c2csc(NC(=S)NC(=O)c3ccccc3Br)n2)cc1OC. The number of rotatable bonds is 5. The van der Waals surface area contributed by atoms with Gasteiger partial charge in [-0.1, -0.05) is 12.1 Å². The summed E-state index contributed by atoms with van der Waals surface area (Å²) in [5, 5.41) is 8.23. The van der Waals surface area contributed by atoms with Crippen LogP contribution in [-0.4, -0.2) is 30.2 Å². The molecule has 0 aliphatic heterocycles. The molecule has 0 bridgehead atoms. The van der Waals surface area contributed by atoms with Crippen LogP contribution in [0.4, 0.5) is 5.13 Å². The Labute approximate surface area is 180 Å². The Balaban J connectivity index is 1.68. The van der Waals surface area contributed by atoms with E-state index in [9.17, 15) is 4.79 Å². The lowest BCUT2D eigenvalue weighted by Crippen LogP contribution is -2.34. The standard InChI is InChI=1S/C19H16BrN3O3S2/c1-25-15-8-7-11(9-16(15)26-2)14-10-28-19(21-14)23-18(27)22-17(24)12-5-3-4-6-13(12)20/h3-10H,1-2H3,(H2,21,22,23,24,27). The molecular weight excluding hydrogens is 462 g/mol. The number of thiocarbonyl (C=S) groups is 1. The molecule has 0 aliphatic rings. The number of benzene rings is 2. The van der Waals surface area contributed by atoms with Gasteiger partial charge in [0.15, 0.2) is 21.7 Å². The third-order valence-electron chi connectivity index (χ3n) is 3.75. The molecule has 1 heterocycles. The van der Waals surface area contributed by atoms with E-state index < -0.39 is 0 Å². The van der Waals surface area contributed by atoms with E-state index in [1.165, 1.54) is 11.3 Å². The monoisotopic (exact) mass is 477 g/mol. The number of hydrogen-bond donors (Lipinski definition) is 2. The summed E-state index contributed by atoms with van der Waals surface area (Å²) in [6.07, 6.45) is 0. The number of methoxy groups -OCH3 is 2. The van der Waals surface area contributed by atoms with Crippen molar-refractivity contribution in [1.82, 2.24) is 10.3 Å². The molecule has 144 valence electrons. The van der Waals surface area contributed by atoms with Crippen molar-refractivity contribution >= 4 is 55.6 Å². The molecule has 0 unspecified atom stereocenters. The molecule has 1 aromatic heterocycles. The summed E-state index contributed by atoms with van der Waals surface area (Å²) in [6.45, 7) is 0. The largest absolute Gasteiger partial charge is 0.493 e. The van der Waals surface area contributed by atoms with Gasteiger partial charge in [0.05, 0.1) is 25.5 Å². The number of halogens is 1. The first-order chi connectivity index (χ1) is 13.5. The molecule has 0 fully saturated rings. The quantitative estimate of drug-likeness (QED) is 0.518. The molecule has 0 saturated carbocycles. The smallest absolute Gasteiger partial charge is 0.258 e. The lowest BCUT2D eigenvalue weighted by atomic mass is 10.1. The maximum atomic E-state index is 12.3. The van der Waals surface area contributed by atoms with Crippen molar-refractivity contribution in [1.29, 1.82) is 0 Å². The molecule has 3 aromatic rings. The maximum Gasteiger partial charge on any atom is 0.258 e. The van der Waals surface area contributed by atoms with Gasteiger partial charge in [-0.2, -0.15) is 0 Å². The highest BCUT2D eigenvalue weighted by molar-refractivity contribution is 9.10. The third-order valence-corrected chi connectivity index (χ3v) is 5.40. The van der Waals surface area contributed by atoms with E-state index in [0.717, 1.165) is 11.3 Å². The highest BCUT2D eigenvalue weighted by atomic mass is 79.9. The Morgan fingerprint density at radius 1 is 1.14 bits per heavy atom. The van der Waals surface area contributed by atoms with E-state index in [1.54, 1.807) is 32.4 Å². The Hall–Kier alpha value is -2.49. The number of carbonyl (C=O) groups is 1. The number of thiazole rings is 1. The molecular formula is C19H16BrN3O3S2. The van der Waals surface area contributed by atoms with Crippen molar-refractivity contribution in [2.45, 2.75) is 0 Å². The van der Waals surface area contributed by atoms with Crippen LogP contribution in [0.25, 0.3) is 11.3 Å². The van der Waals surface area contributed by atoms with Gasteiger partial charge < -0.3 is 14.8 Å². The van der Waals surface area contributed by atoms with Crippen molar-refractivity contribution in [3.63, 3.8) is 0 Å². The van der Waals surface area contributed by atoms with Crippen LogP contribution in [-0.2, 0) is 0 Å². The Kier molecular flexibility index (Phi) is 6.61. The van der Waals surface area contributed by atoms with Gasteiger partial charge in [-0.25, -0.2) is 4.98 Å². The van der Waals surface area contributed by atoms with Gasteiger partial charge in [-0.05, 0) is 58.5 Å². The van der Waals surface area contributed by atoms with Crippen LogP contribution in [0.5, 0.6) is 11.5 Å². The lowest BCUT2D eigenvalue weighted by molar-refractivity contribution is 0.0977. The van der Waals surface area contributed by atoms with Crippen LogP contribution < -0.4 is 20.1 Å². The predicted octanol–water partition coefficient (Wildman–Crippen LogP) is 4.72. The number of aromatic nitrogens is 1. The van der Waals surface area contributed by atoms with Gasteiger partial charge >= 0.3 is 0 Å². The minimum absolute atomic E-state index is 0.175. The van der Waals surface area contributed by atoms with Crippen molar-refractivity contribution in [2.24, 2.45) is 0 Å². The molecule has 0 radical (unpaired) electrons. The number of nitrogens with one attached hydrogen (secondary N) is 2. The van der Waals surface area contributed by atoms with Gasteiger partial charge in [-0.15, -0.1) is 11.3 Å². The molecule has 0 atom stereocenters. The fourth-order valence-corrected chi connectivity index (χ4v) is 3.85. The molecule has 2 aromatic carbocycles. The number of nitrogens with zero attached hydrogens (tertiary/aromatic N) is 1. The van der Waals surface area contributed by atoms with Gasteiger partial charge in [-0.3, -0.25) is 10.1 Å². The number of carbonyl (C=O) groups excluding carboxylic acids is 1. The third kappa shape index (κ3) is 4.67. The number of hydrogen-bond acceptors (Lipinski definition) is 6. The van der Waals surface area contributed by atoms with Gasteiger partial charge in [0, 0.05) is 15.4 Å². The fraction of sp³-hybridized carbons (Fsp3) is 0.105. The molecule has 9 heteroatoms. The van der Waals surface area contributed by atoms with Crippen molar-refractivity contribution in [2.75, 3.05) is 19.5 Å². The van der Waals surface area contributed by atoms with Crippen LogP contribution in [0, 0.1) is 0 Å².